The van der Waals surface area contributed by atoms with E-state index in [1.54, 1.807) is 19.1 Å². The highest BCUT2D eigenvalue weighted by Crippen LogP contribution is 2.39. The number of halogens is 1. The van der Waals surface area contributed by atoms with Gasteiger partial charge >= 0.3 is 0 Å². The van der Waals surface area contributed by atoms with E-state index in [-0.39, 0.29) is 17.2 Å². The molecule has 7 nitrogen and oxygen atoms in total. The third kappa shape index (κ3) is 3.09. The molecule has 1 saturated heterocycles. The van der Waals surface area contributed by atoms with Crippen LogP contribution in [0.4, 0.5) is 0 Å². The van der Waals surface area contributed by atoms with Gasteiger partial charge in [-0.1, -0.05) is 12.1 Å². The number of hydrogen-bond donors (Lipinski definition) is 4. The zero-order chi connectivity index (χ0) is 18.1. The predicted octanol–water partition coefficient (Wildman–Crippen LogP) is -0.310. The van der Waals surface area contributed by atoms with Crippen molar-refractivity contribution in [1.82, 2.24) is 0 Å². The summed E-state index contributed by atoms with van der Waals surface area (Å²) in [7, 11) is 1.25. The van der Waals surface area contributed by atoms with Crippen LogP contribution >= 0.6 is 11.6 Å². The van der Waals surface area contributed by atoms with E-state index in [9.17, 15) is 25.2 Å². The number of carbonyl (C=O) groups is 1. The first-order chi connectivity index (χ1) is 11.3. The number of rotatable bonds is 5. The summed E-state index contributed by atoms with van der Waals surface area (Å²) in [6.07, 6.45) is -5.90. The van der Waals surface area contributed by atoms with Crippen molar-refractivity contribution in [2.45, 2.75) is 37.1 Å². The molecule has 1 aromatic carbocycles. The Kier molecular flexibility index (Phi) is 5.98. The normalized spacial score (nSPS) is 33.5. The molecule has 0 saturated carbocycles. The van der Waals surface area contributed by atoms with Crippen LogP contribution in [0.3, 0.4) is 0 Å². The Bertz CT molecular complexity index is 606. The van der Waals surface area contributed by atoms with Crippen molar-refractivity contribution in [3.63, 3.8) is 0 Å². The van der Waals surface area contributed by atoms with Gasteiger partial charge in [0.1, 0.15) is 24.4 Å². The van der Waals surface area contributed by atoms with Crippen molar-refractivity contribution < 1.29 is 34.7 Å². The Balaban J connectivity index is 2.55. The molecule has 1 fully saturated rings. The quantitative estimate of drug-likeness (QED) is 0.420. The van der Waals surface area contributed by atoms with E-state index in [4.69, 9.17) is 21.1 Å². The zero-order valence-corrected chi connectivity index (χ0v) is 14.1. The molecule has 8 heteroatoms. The van der Waals surface area contributed by atoms with Gasteiger partial charge in [0.05, 0.1) is 12.5 Å². The zero-order valence-electron chi connectivity index (χ0n) is 13.3. The highest BCUT2D eigenvalue weighted by Gasteiger charge is 2.55. The summed E-state index contributed by atoms with van der Waals surface area (Å²) in [4.78, 5) is 12.0. The standard InChI is InChI=1S/C16H21ClO7/c1-8-3-4-9(5-10(8)11(19)6-17)16(23-2)15(22)14(21)13(20)12(7-18)24-16/h3-5,12-15,18,20-22H,6-7H2,1-2H3. The Hall–Kier alpha value is -1.06. The van der Waals surface area contributed by atoms with Crippen molar-refractivity contribution >= 4 is 17.4 Å². The van der Waals surface area contributed by atoms with E-state index in [0.717, 1.165) is 0 Å². The lowest BCUT2D eigenvalue weighted by atomic mass is 9.86. The van der Waals surface area contributed by atoms with Crippen molar-refractivity contribution in [3.05, 3.63) is 34.9 Å². The maximum atomic E-state index is 12.0. The molecule has 2 rings (SSSR count). The van der Waals surface area contributed by atoms with Gasteiger partial charge < -0.3 is 29.9 Å². The third-order valence-corrected chi connectivity index (χ3v) is 4.56. The molecule has 24 heavy (non-hydrogen) atoms. The number of alkyl halides is 1. The minimum absolute atomic E-state index is 0.214. The Morgan fingerprint density at radius 3 is 2.54 bits per heavy atom. The van der Waals surface area contributed by atoms with Crippen molar-refractivity contribution in [1.29, 1.82) is 0 Å². The molecule has 0 amide bonds. The fourth-order valence-corrected chi connectivity index (χ4v) is 3.02. The fourth-order valence-electron chi connectivity index (χ4n) is 2.88. The molecule has 1 aliphatic rings. The number of methoxy groups -OCH3 is 1. The molecule has 0 bridgehead atoms. The number of benzene rings is 1. The van der Waals surface area contributed by atoms with Crippen LogP contribution in [0.25, 0.3) is 0 Å². The second kappa shape index (κ2) is 7.45. The minimum atomic E-state index is -1.85. The van der Waals surface area contributed by atoms with Crippen LogP contribution in [0.5, 0.6) is 0 Å². The summed E-state index contributed by atoms with van der Waals surface area (Å²) in [5.74, 6) is -2.37. The summed E-state index contributed by atoms with van der Waals surface area (Å²) in [6.45, 7) is 1.14. The first-order valence-electron chi connectivity index (χ1n) is 7.40. The Morgan fingerprint density at radius 1 is 1.33 bits per heavy atom. The van der Waals surface area contributed by atoms with Gasteiger partial charge in [-0.05, 0) is 18.6 Å². The highest BCUT2D eigenvalue weighted by molar-refractivity contribution is 6.30. The molecule has 0 aromatic heterocycles. The molecule has 0 radical (unpaired) electrons. The molecule has 0 aliphatic carbocycles. The van der Waals surface area contributed by atoms with Crippen LogP contribution in [0.1, 0.15) is 21.5 Å². The number of Topliss-reactive ketones (excluding diaryl/α,β-unsaturated/α-hetero) is 1. The summed E-state index contributed by atoms with van der Waals surface area (Å²) >= 11 is 5.61. The Morgan fingerprint density at radius 2 is 2.00 bits per heavy atom. The summed E-state index contributed by atoms with van der Waals surface area (Å²) in [6, 6.07) is 4.68. The second-order valence-electron chi connectivity index (χ2n) is 5.72. The van der Waals surface area contributed by atoms with Crippen LogP contribution < -0.4 is 0 Å². The Labute approximate surface area is 144 Å². The molecule has 134 valence electrons. The van der Waals surface area contributed by atoms with E-state index >= 15 is 0 Å². The molecular formula is C16H21ClO7. The fraction of sp³-hybridized carbons (Fsp3) is 0.562. The highest BCUT2D eigenvalue weighted by atomic mass is 35.5. The molecule has 4 N–H and O–H groups in total. The number of hydrogen-bond acceptors (Lipinski definition) is 7. The second-order valence-corrected chi connectivity index (χ2v) is 5.99. The molecule has 5 unspecified atom stereocenters. The van der Waals surface area contributed by atoms with E-state index < -0.39 is 36.8 Å². The predicted molar refractivity (Wildman–Crippen MR) is 84.9 cm³/mol. The van der Waals surface area contributed by atoms with Crippen LogP contribution in [-0.4, -0.2) is 70.2 Å². The molecule has 1 aliphatic heterocycles. The van der Waals surface area contributed by atoms with Gasteiger partial charge in [-0.15, -0.1) is 11.6 Å². The smallest absolute Gasteiger partial charge is 0.224 e. The molecule has 5 atom stereocenters. The largest absolute Gasteiger partial charge is 0.394 e. The van der Waals surface area contributed by atoms with Gasteiger partial charge in [0.2, 0.25) is 5.79 Å². The lowest BCUT2D eigenvalue weighted by Gasteiger charge is -2.47. The first kappa shape index (κ1) is 19.3. The average molecular weight is 361 g/mol. The number of aliphatic hydroxyl groups excluding tert-OH is 4. The summed E-state index contributed by atoms with van der Waals surface area (Å²) in [5.41, 5.74) is 1.28. The van der Waals surface area contributed by atoms with E-state index in [1.807, 2.05) is 0 Å². The van der Waals surface area contributed by atoms with Crippen LogP contribution in [0, 0.1) is 6.92 Å². The minimum Gasteiger partial charge on any atom is -0.394 e. The number of ether oxygens (including phenoxy) is 2. The van der Waals surface area contributed by atoms with Crippen LogP contribution in [0.2, 0.25) is 0 Å². The van der Waals surface area contributed by atoms with Crippen molar-refractivity contribution in [2.24, 2.45) is 0 Å². The number of ketones is 1. The van der Waals surface area contributed by atoms with Crippen LogP contribution in [-0.2, 0) is 15.3 Å². The third-order valence-electron chi connectivity index (χ3n) is 4.32. The lowest BCUT2D eigenvalue weighted by molar-refractivity contribution is -0.366. The molecule has 0 spiro atoms. The van der Waals surface area contributed by atoms with Crippen molar-refractivity contribution in [3.8, 4) is 0 Å². The summed E-state index contributed by atoms with van der Waals surface area (Å²) in [5, 5.41) is 39.8. The van der Waals surface area contributed by atoms with Gasteiger partial charge in [-0.25, -0.2) is 0 Å². The van der Waals surface area contributed by atoms with Gasteiger partial charge in [0.15, 0.2) is 5.78 Å². The van der Waals surface area contributed by atoms with E-state index in [0.29, 0.717) is 11.1 Å². The average Bonchev–Trinajstić information content (AvgIpc) is 2.60. The van der Waals surface area contributed by atoms with Crippen LogP contribution in [0.15, 0.2) is 18.2 Å². The maximum absolute atomic E-state index is 12.0. The first-order valence-corrected chi connectivity index (χ1v) is 7.94. The number of carbonyl (C=O) groups excluding carboxylic acids is 1. The van der Waals surface area contributed by atoms with Gasteiger partial charge in [0, 0.05) is 18.2 Å². The number of aryl methyl sites for hydroxylation is 1. The SMILES string of the molecule is COC1(c2ccc(C)c(C(=O)CCl)c2)OC(CO)C(O)C(O)C1O. The lowest BCUT2D eigenvalue weighted by Crippen LogP contribution is -2.64. The number of aliphatic hydroxyl groups is 4. The monoisotopic (exact) mass is 360 g/mol. The van der Waals surface area contributed by atoms with Gasteiger partial charge in [0.25, 0.3) is 0 Å². The summed E-state index contributed by atoms with van der Waals surface area (Å²) < 4.78 is 10.9. The molecular weight excluding hydrogens is 340 g/mol. The van der Waals surface area contributed by atoms with Crippen molar-refractivity contribution in [2.75, 3.05) is 19.6 Å². The molecule has 1 aromatic rings. The molecule has 1 heterocycles. The van der Waals surface area contributed by atoms with Gasteiger partial charge in [-0.3, -0.25) is 4.79 Å². The maximum Gasteiger partial charge on any atom is 0.224 e. The topological polar surface area (TPSA) is 116 Å². The van der Waals surface area contributed by atoms with E-state index in [2.05, 4.69) is 0 Å². The van der Waals surface area contributed by atoms with E-state index in [1.165, 1.54) is 13.2 Å². The van der Waals surface area contributed by atoms with Gasteiger partial charge in [-0.2, -0.15) is 0 Å².